The smallest absolute Gasteiger partial charge is 0.257 e. The fraction of sp³-hybridized carbons (Fsp3) is 0.158. The number of amides is 1. The molecule has 0 atom stereocenters. The van der Waals surface area contributed by atoms with Gasteiger partial charge in [-0.15, -0.1) is 11.3 Å². The van der Waals surface area contributed by atoms with Crippen LogP contribution in [0.1, 0.15) is 24.2 Å². The number of hydrogen-bond donors (Lipinski definition) is 2. The van der Waals surface area contributed by atoms with Crippen LogP contribution in [0.25, 0.3) is 11.3 Å². The van der Waals surface area contributed by atoms with Crippen LogP contribution in [0.5, 0.6) is 0 Å². The topological polar surface area (TPSA) is 88.2 Å². The van der Waals surface area contributed by atoms with Gasteiger partial charge >= 0.3 is 0 Å². The summed E-state index contributed by atoms with van der Waals surface area (Å²) in [5.74, 6) is -1.73. The van der Waals surface area contributed by atoms with Crippen LogP contribution in [0, 0.1) is 11.6 Å². The predicted octanol–water partition coefficient (Wildman–Crippen LogP) is 4.03. The molecule has 1 amide bonds. The second-order valence-corrected chi connectivity index (χ2v) is 8.99. The Morgan fingerprint density at radius 3 is 2.45 bits per heavy atom. The number of thiazole rings is 1. The van der Waals surface area contributed by atoms with E-state index in [0.29, 0.717) is 0 Å². The largest absolute Gasteiger partial charge is 0.298 e. The van der Waals surface area contributed by atoms with E-state index >= 15 is 0 Å². The number of carbonyl (C=O) groups excluding carboxylic acids is 1. The number of aromatic nitrogens is 1. The van der Waals surface area contributed by atoms with Gasteiger partial charge in [-0.05, 0) is 56.3 Å². The van der Waals surface area contributed by atoms with Gasteiger partial charge < -0.3 is 0 Å². The van der Waals surface area contributed by atoms with Crippen molar-refractivity contribution in [3.63, 3.8) is 0 Å². The molecule has 1 heterocycles. The summed E-state index contributed by atoms with van der Waals surface area (Å²) in [7, 11) is -3.65. The van der Waals surface area contributed by atoms with Gasteiger partial charge in [-0.2, -0.15) is 0 Å². The first-order valence-corrected chi connectivity index (χ1v) is 10.9. The zero-order valence-corrected chi connectivity index (χ0v) is 17.1. The average Bonchev–Trinajstić information content (AvgIpc) is 3.11. The molecular weight excluding hydrogens is 420 g/mol. The van der Waals surface area contributed by atoms with Crippen molar-refractivity contribution in [1.82, 2.24) is 9.71 Å². The first-order valence-electron chi connectivity index (χ1n) is 8.50. The van der Waals surface area contributed by atoms with Crippen LogP contribution >= 0.6 is 11.3 Å². The lowest BCUT2D eigenvalue weighted by molar-refractivity contribution is 0.102. The minimum atomic E-state index is -3.65. The van der Waals surface area contributed by atoms with Crippen LogP contribution < -0.4 is 10.0 Å². The van der Waals surface area contributed by atoms with Crippen molar-refractivity contribution < 1.29 is 22.0 Å². The quantitative estimate of drug-likeness (QED) is 0.610. The second kappa shape index (κ2) is 8.36. The van der Waals surface area contributed by atoms with E-state index in [1.807, 2.05) is 0 Å². The number of anilines is 1. The number of carbonyl (C=O) groups is 1. The maximum Gasteiger partial charge on any atom is 0.257 e. The van der Waals surface area contributed by atoms with E-state index in [4.69, 9.17) is 0 Å². The van der Waals surface area contributed by atoms with Crippen LogP contribution in [-0.4, -0.2) is 25.4 Å². The summed E-state index contributed by atoms with van der Waals surface area (Å²) in [6.45, 7) is 3.41. The monoisotopic (exact) mass is 437 g/mol. The normalized spacial score (nSPS) is 11.6. The summed E-state index contributed by atoms with van der Waals surface area (Å²) in [4.78, 5) is 16.5. The first kappa shape index (κ1) is 21.0. The van der Waals surface area contributed by atoms with Gasteiger partial charge in [0, 0.05) is 22.5 Å². The molecule has 0 aliphatic heterocycles. The molecule has 3 aromatic rings. The van der Waals surface area contributed by atoms with Crippen molar-refractivity contribution in [3.8, 4) is 11.3 Å². The van der Waals surface area contributed by atoms with E-state index in [1.54, 1.807) is 13.8 Å². The Labute approximate surface area is 170 Å². The van der Waals surface area contributed by atoms with Crippen LogP contribution in [0.15, 0.2) is 52.7 Å². The number of nitrogens with zero attached hydrogens (tertiary/aromatic N) is 1. The first-order chi connectivity index (χ1) is 13.7. The number of sulfonamides is 1. The molecule has 0 saturated heterocycles. The molecule has 0 aliphatic carbocycles. The van der Waals surface area contributed by atoms with Gasteiger partial charge in [-0.3, -0.25) is 10.1 Å². The summed E-state index contributed by atoms with van der Waals surface area (Å²) >= 11 is 1.06. The fourth-order valence-corrected chi connectivity index (χ4v) is 4.44. The Balaban J connectivity index is 1.74. The Hall–Kier alpha value is -2.69. The molecule has 0 saturated carbocycles. The molecule has 0 radical (unpaired) electrons. The molecule has 3 rings (SSSR count). The Morgan fingerprint density at radius 2 is 1.79 bits per heavy atom. The van der Waals surface area contributed by atoms with Crippen molar-refractivity contribution in [2.45, 2.75) is 24.8 Å². The number of halogens is 2. The maximum atomic E-state index is 13.9. The van der Waals surface area contributed by atoms with Crippen molar-refractivity contribution in [2.75, 3.05) is 5.32 Å². The highest BCUT2D eigenvalue weighted by atomic mass is 32.2. The zero-order valence-electron chi connectivity index (χ0n) is 15.4. The van der Waals surface area contributed by atoms with Crippen molar-refractivity contribution in [1.29, 1.82) is 0 Å². The average molecular weight is 437 g/mol. The summed E-state index contributed by atoms with van der Waals surface area (Å²) in [5.41, 5.74) is 0.416. The molecule has 2 N–H and O–H groups in total. The molecular formula is C19H17F2N3O3S2. The minimum Gasteiger partial charge on any atom is -0.298 e. The standard InChI is InChI=1S/C19H17F2N3O3S2/c1-11(2)24-29(26,27)14-6-3-12(4-7-14)18(25)23-19-22-17(10-28-19)15-9-13(20)5-8-16(15)21/h3-11,24H,1-2H3,(H,22,23,25). The lowest BCUT2D eigenvalue weighted by Gasteiger charge is -2.10. The highest BCUT2D eigenvalue weighted by Gasteiger charge is 2.17. The van der Waals surface area contributed by atoms with Crippen molar-refractivity contribution in [3.05, 3.63) is 65.0 Å². The number of nitrogens with one attached hydrogen (secondary N) is 2. The van der Waals surface area contributed by atoms with E-state index in [0.717, 1.165) is 29.5 Å². The third kappa shape index (κ3) is 5.03. The lowest BCUT2D eigenvalue weighted by atomic mass is 10.1. The number of rotatable bonds is 6. The second-order valence-electron chi connectivity index (χ2n) is 6.42. The predicted molar refractivity (Wildman–Crippen MR) is 107 cm³/mol. The van der Waals surface area contributed by atoms with Crippen molar-refractivity contribution >= 4 is 32.4 Å². The summed E-state index contributed by atoms with van der Waals surface area (Å²) in [6.07, 6.45) is 0. The van der Waals surface area contributed by atoms with Gasteiger partial charge in [0.05, 0.1) is 10.6 Å². The fourth-order valence-electron chi connectivity index (χ4n) is 2.48. The third-order valence-corrected chi connectivity index (χ3v) is 6.18. The van der Waals surface area contributed by atoms with E-state index in [9.17, 15) is 22.0 Å². The van der Waals surface area contributed by atoms with E-state index < -0.39 is 27.6 Å². The Kier molecular flexibility index (Phi) is 6.06. The van der Waals surface area contributed by atoms with Crippen LogP contribution in [0.3, 0.4) is 0 Å². The molecule has 0 unspecified atom stereocenters. The molecule has 29 heavy (non-hydrogen) atoms. The zero-order chi connectivity index (χ0) is 21.2. The maximum absolute atomic E-state index is 13.9. The highest BCUT2D eigenvalue weighted by molar-refractivity contribution is 7.89. The van der Waals surface area contributed by atoms with Gasteiger partial charge in [0.25, 0.3) is 5.91 Å². The van der Waals surface area contributed by atoms with E-state index in [-0.39, 0.29) is 32.9 Å². The lowest BCUT2D eigenvalue weighted by Crippen LogP contribution is -2.30. The van der Waals surface area contributed by atoms with Gasteiger partial charge in [-0.25, -0.2) is 26.9 Å². The van der Waals surface area contributed by atoms with Gasteiger partial charge in [0.15, 0.2) is 5.13 Å². The van der Waals surface area contributed by atoms with Gasteiger partial charge in [0.1, 0.15) is 11.6 Å². The van der Waals surface area contributed by atoms with Crippen LogP contribution in [0.2, 0.25) is 0 Å². The minimum absolute atomic E-state index is 0.00559. The molecule has 10 heteroatoms. The molecule has 0 fully saturated rings. The molecule has 0 spiro atoms. The molecule has 0 aliphatic rings. The molecule has 1 aromatic heterocycles. The summed E-state index contributed by atoms with van der Waals surface area (Å²) in [5, 5.41) is 4.26. The number of benzene rings is 2. The number of hydrogen-bond acceptors (Lipinski definition) is 5. The highest BCUT2D eigenvalue weighted by Crippen LogP contribution is 2.28. The summed E-state index contributed by atoms with van der Waals surface area (Å²) in [6, 6.07) is 8.20. The third-order valence-electron chi connectivity index (χ3n) is 3.75. The SMILES string of the molecule is CC(C)NS(=O)(=O)c1ccc(C(=O)Nc2nc(-c3cc(F)ccc3F)cs2)cc1. The van der Waals surface area contributed by atoms with Gasteiger partial charge in [0.2, 0.25) is 10.0 Å². The summed E-state index contributed by atoms with van der Waals surface area (Å²) < 4.78 is 53.9. The molecule has 152 valence electrons. The molecule has 2 aromatic carbocycles. The van der Waals surface area contributed by atoms with Gasteiger partial charge in [-0.1, -0.05) is 0 Å². The molecule has 6 nitrogen and oxygen atoms in total. The Bertz CT molecular complexity index is 1140. The van der Waals surface area contributed by atoms with Crippen molar-refractivity contribution in [2.24, 2.45) is 0 Å². The molecule has 0 bridgehead atoms. The Morgan fingerprint density at radius 1 is 1.10 bits per heavy atom. The van der Waals surface area contributed by atoms with E-state index in [1.165, 1.54) is 29.6 Å². The van der Waals surface area contributed by atoms with Crippen LogP contribution in [-0.2, 0) is 10.0 Å². The van der Waals surface area contributed by atoms with Crippen LogP contribution in [0.4, 0.5) is 13.9 Å². The van der Waals surface area contributed by atoms with E-state index in [2.05, 4.69) is 15.0 Å².